The molecule has 0 aliphatic carbocycles. The van der Waals surface area contributed by atoms with Crippen molar-refractivity contribution < 1.29 is 0 Å². The summed E-state index contributed by atoms with van der Waals surface area (Å²) in [5.41, 5.74) is 9.53. The van der Waals surface area contributed by atoms with Crippen molar-refractivity contribution in [1.29, 1.82) is 5.41 Å². The number of hydrogen-bond acceptors (Lipinski definition) is 1. The van der Waals surface area contributed by atoms with Gasteiger partial charge in [-0.15, -0.1) is 0 Å². The fourth-order valence-corrected chi connectivity index (χ4v) is 2.71. The maximum absolute atomic E-state index is 8.00. The van der Waals surface area contributed by atoms with Gasteiger partial charge in [-0.05, 0) is 62.8 Å². The average Bonchev–Trinajstić information content (AvgIpc) is 2.53. The molecule has 0 spiro atoms. The molecule has 0 amide bonds. The van der Waals surface area contributed by atoms with Gasteiger partial charge >= 0.3 is 0 Å². The van der Waals surface area contributed by atoms with Gasteiger partial charge < -0.3 is 5.41 Å². The largest absolute Gasteiger partial charge is 0.310 e. The molecule has 0 bridgehead atoms. The summed E-state index contributed by atoms with van der Waals surface area (Å²) in [5, 5.41) is 8.00. The first-order valence-electron chi connectivity index (χ1n) is 8.50. The summed E-state index contributed by atoms with van der Waals surface area (Å²) in [6, 6.07) is 8.71. The minimum Gasteiger partial charge on any atom is -0.310 e. The maximum atomic E-state index is 8.00. The van der Waals surface area contributed by atoms with Crippen LogP contribution in [0.25, 0.3) is 5.57 Å². The van der Waals surface area contributed by atoms with Gasteiger partial charge in [0.25, 0.3) is 0 Å². The van der Waals surface area contributed by atoms with E-state index in [-0.39, 0.29) is 0 Å². The Morgan fingerprint density at radius 1 is 1.00 bits per heavy atom. The van der Waals surface area contributed by atoms with Crippen molar-refractivity contribution in [1.82, 2.24) is 0 Å². The summed E-state index contributed by atoms with van der Waals surface area (Å²) in [4.78, 5) is 0. The molecule has 0 saturated carbocycles. The van der Waals surface area contributed by atoms with E-state index in [4.69, 9.17) is 5.41 Å². The summed E-state index contributed by atoms with van der Waals surface area (Å²) in [7, 11) is 0. The topological polar surface area (TPSA) is 23.9 Å². The summed E-state index contributed by atoms with van der Waals surface area (Å²) in [6.45, 7) is 16.9. The van der Waals surface area contributed by atoms with E-state index < -0.39 is 0 Å². The zero-order chi connectivity index (χ0) is 17.6. The van der Waals surface area contributed by atoms with Crippen molar-refractivity contribution in [3.63, 3.8) is 0 Å². The lowest BCUT2D eigenvalue weighted by Crippen LogP contribution is -2.03. The van der Waals surface area contributed by atoms with Gasteiger partial charge in [0.1, 0.15) is 0 Å². The Kier molecular flexibility index (Phi) is 7.22. The third kappa shape index (κ3) is 5.06. The maximum Gasteiger partial charge on any atom is 0.0105 e. The Morgan fingerprint density at radius 3 is 2.00 bits per heavy atom. The van der Waals surface area contributed by atoms with Crippen molar-refractivity contribution in [3.05, 3.63) is 64.3 Å². The van der Waals surface area contributed by atoms with E-state index in [1.807, 2.05) is 6.92 Å². The first-order chi connectivity index (χ1) is 10.8. The van der Waals surface area contributed by atoms with Crippen LogP contribution >= 0.6 is 0 Å². The SMILES string of the molecule is C=C(CC)/C(C)=C(\C(CC(C)=N)=C(\C)CC)c1ccc(C)cc1. The Morgan fingerprint density at radius 2 is 1.57 bits per heavy atom. The highest BCUT2D eigenvalue weighted by atomic mass is 14.4. The highest BCUT2D eigenvalue weighted by molar-refractivity contribution is 5.92. The third-order valence-electron chi connectivity index (χ3n) is 4.46. The molecular weight excluding hydrogens is 278 g/mol. The third-order valence-corrected chi connectivity index (χ3v) is 4.46. The first-order valence-corrected chi connectivity index (χ1v) is 8.50. The van der Waals surface area contributed by atoms with E-state index >= 15 is 0 Å². The van der Waals surface area contributed by atoms with Gasteiger partial charge in [0.15, 0.2) is 0 Å². The van der Waals surface area contributed by atoms with Gasteiger partial charge in [-0.2, -0.15) is 0 Å². The zero-order valence-corrected chi connectivity index (χ0v) is 15.6. The van der Waals surface area contributed by atoms with Gasteiger partial charge in [-0.1, -0.05) is 61.4 Å². The molecule has 0 aromatic heterocycles. The summed E-state index contributed by atoms with van der Waals surface area (Å²) >= 11 is 0. The van der Waals surface area contributed by atoms with Crippen molar-refractivity contribution in [2.45, 2.75) is 60.8 Å². The van der Waals surface area contributed by atoms with E-state index in [1.54, 1.807) is 0 Å². The quantitative estimate of drug-likeness (QED) is 0.419. The van der Waals surface area contributed by atoms with Gasteiger partial charge in [-0.25, -0.2) is 0 Å². The number of nitrogens with one attached hydrogen (secondary N) is 1. The van der Waals surface area contributed by atoms with Crippen LogP contribution in [0.5, 0.6) is 0 Å². The fourth-order valence-electron chi connectivity index (χ4n) is 2.71. The second-order valence-electron chi connectivity index (χ2n) is 6.39. The summed E-state index contributed by atoms with van der Waals surface area (Å²) in [5.74, 6) is 0. The van der Waals surface area contributed by atoms with Gasteiger partial charge in [0.05, 0.1) is 0 Å². The van der Waals surface area contributed by atoms with E-state index in [0.717, 1.165) is 12.8 Å². The second kappa shape index (κ2) is 8.67. The van der Waals surface area contributed by atoms with Crippen molar-refractivity contribution >= 4 is 11.3 Å². The van der Waals surface area contributed by atoms with E-state index in [2.05, 4.69) is 65.5 Å². The van der Waals surface area contributed by atoms with Crippen LogP contribution in [0.15, 0.2) is 53.1 Å². The molecule has 1 N–H and O–H groups in total. The number of hydrogen-bond donors (Lipinski definition) is 1. The molecule has 0 fully saturated rings. The van der Waals surface area contributed by atoms with Crippen molar-refractivity contribution in [2.24, 2.45) is 0 Å². The minimum absolute atomic E-state index is 0.701. The molecule has 0 atom stereocenters. The minimum atomic E-state index is 0.701. The predicted molar refractivity (Wildman–Crippen MR) is 104 cm³/mol. The van der Waals surface area contributed by atoms with E-state index in [1.165, 1.54) is 39.0 Å². The second-order valence-corrected chi connectivity index (χ2v) is 6.39. The van der Waals surface area contributed by atoms with Crippen LogP contribution < -0.4 is 0 Å². The predicted octanol–water partition coefficient (Wildman–Crippen LogP) is 6.89. The molecule has 0 saturated heterocycles. The fraction of sp³-hybridized carbons (Fsp3) is 0.409. The Balaban J connectivity index is 3.65. The van der Waals surface area contributed by atoms with Gasteiger partial charge in [-0.3, -0.25) is 0 Å². The van der Waals surface area contributed by atoms with Crippen molar-refractivity contribution in [3.8, 4) is 0 Å². The molecule has 1 aromatic carbocycles. The zero-order valence-electron chi connectivity index (χ0n) is 15.6. The number of benzene rings is 1. The summed E-state index contributed by atoms with van der Waals surface area (Å²) < 4.78 is 0. The molecule has 1 heteroatoms. The monoisotopic (exact) mass is 309 g/mol. The van der Waals surface area contributed by atoms with E-state index in [0.29, 0.717) is 12.1 Å². The molecule has 124 valence electrons. The standard InChI is InChI=1S/C22H31N/c1-8-16(4)19(7)22(20-12-10-15(3)11-13-20)21(14-18(6)23)17(5)9-2/h10-13,23H,4,8-9,14H2,1-3,5-7H3/b21-17-,22-19-,23-18?. The highest BCUT2D eigenvalue weighted by Crippen LogP contribution is 2.35. The van der Waals surface area contributed by atoms with Crippen LogP contribution in [-0.4, -0.2) is 5.71 Å². The molecule has 0 radical (unpaired) electrons. The van der Waals surface area contributed by atoms with Crippen LogP contribution in [-0.2, 0) is 0 Å². The van der Waals surface area contributed by atoms with Gasteiger partial charge in [0.2, 0.25) is 0 Å². The molecule has 1 nitrogen and oxygen atoms in total. The van der Waals surface area contributed by atoms with Crippen LogP contribution in [0.4, 0.5) is 0 Å². The lowest BCUT2D eigenvalue weighted by atomic mass is 9.84. The highest BCUT2D eigenvalue weighted by Gasteiger charge is 2.16. The van der Waals surface area contributed by atoms with Gasteiger partial charge in [0, 0.05) is 12.1 Å². The smallest absolute Gasteiger partial charge is 0.0105 e. The number of rotatable bonds is 7. The molecule has 1 rings (SSSR count). The normalized spacial score (nSPS) is 13.3. The summed E-state index contributed by atoms with van der Waals surface area (Å²) in [6.07, 6.45) is 2.66. The molecule has 23 heavy (non-hydrogen) atoms. The Bertz CT molecular complexity index is 639. The lowest BCUT2D eigenvalue weighted by molar-refractivity contribution is 1.05. The Hall–Kier alpha value is -1.89. The molecule has 1 aromatic rings. The van der Waals surface area contributed by atoms with Crippen LogP contribution in [0.1, 0.15) is 65.0 Å². The molecule has 0 unspecified atom stereocenters. The molecular formula is C22H31N. The Labute approximate surface area is 142 Å². The first kappa shape index (κ1) is 19.2. The van der Waals surface area contributed by atoms with E-state index in [9.17, 15) is 0 Å². The van der Waals surface area contributed by atoms with Crippen LogP contribution in [0.2, 0.25) is 0 Å². The van der Waals surface area contributed by atoms with Crippen LogP contribution in [0, 0.1) is 12.3 Å². The number of allylic oxidation sites excluding steroid dienone is 5. The molecule has 0 aliphatic heterocycles. The van der Waals surface area contributed by atoms with Crippen molar-refractivity contribution in [2.75, 3.05) is 0 Å². The molecule has 0 aliphatic rings. The lowest BCUT2D eigenvalue weighted by Gasteiger charge is -2.20. The average molecular weight is 309 g/mol. The van der Waals surface area contributed by atoms with Crippen LogP contribution in [0.3, 0.4) is 0 Å². The number of aryl methyl sites for hydroxylation is 1. The molecule has 0 heterocycles.